The standard InChI is InChI=1S/C41H68O9/c1-7-39(4)28-13-14-30-29-12-11-25(10-8-9-17-38(2,3)46)40(29,5)18-19-41(30,6)31(28)15-16-35(39)50-36-21-26(43)20-27(48-36)24-47-37-33(45)22-32(44)34(23-42)49-37/h7,13,25-27,29-37,42-46H,1,8-12,14-24H2,2-6H3/t25?,26-,27-,29?,30?,31?,32-,33+,34+,35-,36-,37-,39-,40+,41+/m0/s1. The molecule has 2 aliphatic heterocycles. The predicted octanol–water partition coefficient (Wildman–Crippen LogP) is 5.80. The van der Waals surface area contributed by atoms with Crippen molar-refractivity contribution in [3.05, 3.63) is 24.3 Å². The first-order chi connectivity index (χ1) is 23.6. The number of aliphatic hydroxyl groups excluding tert-OH is 4. The average Bonchev–Trinajstić information content (AvgIpc) is 3.39. The molecular formula is C41H68O9. The first kappa shape index (κ1) is 38.8. The topological polar surface area (TPSA) is 138 Å². The summed E-state index contributed by atoms with van der Waals surface area (Å²) in [7, 11) is 0. The summed E-state index contributed by atoms with van der Waals surface area (Å²) in [5.74, 6) is 2.75. The highest BCUT2D eigenvalue weighted by Gasteiger charge is 2.62. The Labute approximate surface area is 300 Å². The maximum Gasteiger partial charge on any atom is 0.184 e. The van der Waals surface area contributed by atoms with Gasteiger partial charge in [-0.25, -0.2) is 0 Å². The van der Waals surface area contributed by atoms with Crippen molar-refractivity contribution < 1.29 is 44.5 Å². The van der Waals surface area contributed by atoms with Gasteiger partial charge in [-0.05, 0) is 113 Å². The summed E-state index contributed by atoms with van der Waals surface area (Å²) in [6.45, 7) is 15.4. The van der Waals surface area contributed by atoms with Crippen molar-refractivity contribution in [1.82, 2.24) is 0 Å². The number of allylic oxidation sites excluding steroid dienone is 1. The summed E-state index contributed by atoms with van der Waals surface area (Å²) in [6.07, 6.45) is 12.8. The molecule has 6 aliphatic rings. The van der Waals surface area contributed by atoms with Crippen LogP contribution in [0.4, 0.5) is 0 Å². The van der Waals surface area contributed by atoms with Crippen molar-refractivity contribution >= 4 is 0 Å². The molecule has 0 aromatic heterocycles. The quantitative estimate of drug-likeness (QED) is 0.126. The highest BCUT2D eigenvalue weighted by atomic mass is 16.7. The van der Waals surface area contributed by atoms with Crippen molar-refractivity contribution in [3.8, 4) is 0 Å². The Morgan fingerprint density at radius 1 is 0.940 bits per heavy atom. The van der Waals surface area contributed by atoms with Crippen LogP contribution in [0.3, 0.4) is 0 Å². The smallest absolute Gasteiger partial charge is 0.184 e. The van der Waals surface area contributed by atoms with E-state index in [1.807, 2.05) is 13.8 Å². The molecule has 4 unspecified atom stereocenters. The molecule has 0 spiro atoms. The van der Waals surface area contributed by atoms with Gasteiger partial charge in [0.15, 0.2) is 12.6 Å². The van der Waals surface area contributed by atoms with Crippen LogP contribution in [-0.2, 0) is 18.9 Å². The SMILES string of the molecule is C=C[C@@]1(C)C2=CCC3C4CCC(CCCCC(C)(C)O)[C@@]4(C)CC[C@@]3(C)C2CC[C@@H]1O[C@H]1C[C@@H](O)C[C@@H](CO[C@H]2O[C@H](CO)[C@@H](O)C[C@H]2O)O1. The van der Waals surface area contributed by atoms with Crippen LogP contribution < -0.4 is 0 Å². The molecule has 0 radical (unpaired) electrons. The van der Waals surface area contributed by atoms with Gasteiger partial charge in [0.25, 0.3) is 0 Å². The Kier molecular flexibility index (Phi) is 11.7. The first-order valence-corrected chi connectivity index (χ1v) is 19.9. The molecule has 0 bridgehead atoms. The Bertz CT molecular complexity index is 1200. The summed E-state index contributed by atoms with van der Waals surface area (Å²) >= 11 is 0. The van der Waals surface area contributed by atoms with E-state index in [2.05, 4.69) is 39.5 Å². The summed E-state index contributed by atoms with van der Waals surface area (Å²) in [4.78, 5) is 0. The third kappa shape index (κ3) is 7.56. The Balaban J connectivity index is 1.09. The molecule has 0 aromatic rings. The fraction of sp³-hybridized carbons (Fsp3) is 0.902. The molecule has 5 fully saturated rings. The molecule has 286 valence electrons. The van der Waals surface area contributed by atoms with Gasteiger partial charge >= 0.3 is 0 Å². The molecule has 0 aromatic carbocycles. The molecule has 0 amide bonds. The maximum absolute atomic E-state index is 10.8. The van der Waals surface area contributed by atoms with Crippen LogP contribution in [0.5, 0.6) is 0 Å². The molecule has 5 N–H and O–H groups in total. The van der Waals surface area contributed by atoms with Gasteiger partial charge in [0.2, 0.25) is 0 Å². The normalized spacial score (nSPS) is 47.9. The number of aliphatic hydroxyl groups is 5. The first-order valence-electron chi connectivity index (χ1n) is 19.9. The number of hydrogen-bond acceptors (Lipinski definition) is 9. The van der Waals surface area contributed by atoms with Crippen molar-refractivity contribution in [2.75, 3.05) is 13.2 Å². The zero-order chi connectivity index (χ0) is 36.1. The lowest BCUT2D eigenvalue weighted by molar-refractivity contribution is -0.294. The van der Waals surface area contributed by atoms with Gasteiger partial charge in [0.1, 0.15) is 12.2 Å². The van der Waals surface area contributed by atoms with Gasteiger partial charge in [-0.15, -0.1) is 6.58 Å². The second kappa shape index (κ2) is 15.1. The predicted molar refractivity (Wildman–Crippen MR) is 191 cm³/mol. The van der Waals surface area contributed by atoms with Crippen molar-refractivity contribution in [2.45, 2.75) is 179 Å². The molecule has 4 aliphatic carbocycles. The van der Waals surface area contributed by atoms with Crippen LogP contribution in [-0.4, -0.2) is 93.6 Å². The molecule has 3 saturated carbocycles. The molecule has 9 nitrogen and oxygen atoms in total. The average molecular weight is 705 g/mol. The van der Waals surface area contributed by atoms with Crippen LogP contribution in [0.1, 0.15) is 125 Å². The lowest BCUT2D eigenvalue weighted by Gasteiger charge is -2.62. The Morgan fingerprint density at radius 3 is 2.42 bits per heavy atom. The van der Waals surface area contributed by atoms with E-state index in [9.17, 15) is 25.5 Å². The second-order valence-electron chi connectivity index (χ2n) is 18.4. The lowest BCUT2D eigenvalue weighted by atomic mass is 9.43. The summed E-state index contributed by atoms with van der Waals surface area (Å²) in [6, 6.07) is 0. The summed E-state index contributed by atoms with van der Waals surface area (Å²) in [5.41, 5.74) is 1.24. The minimum atomic E-state index is -1.02. The van der Waals surface area contributed by atoms with Gasteiger partial charge in [-0.1, -0.05) is 44.4 Å². The number of fused-ring (bicyclic) bond motifs is 5. The molecule has 9 heteroatoms. The molecule has 50 heavy (non-hydrogen) atoms. The van der Waals surface area contributed by atoms with Crippen LogP contribution in [0.15, 0.2) is 24.3 Å². The Morgan fingerprint density at radius 2 is 1.70 bits per heavy atom. The number of ether oxygens (including phenoxy) is 4. The van der Waals surface area contributed by atoms with Crippen LogP contribution in [0, 0.1) is 39.9 Å². The van der Waals surface area contributed by atoms with Crippen molar-refractivity contribution in [2.24, 2.45) is 39.9 Å². The van der Waals surface area contributed by atoms with E-state index in [0.717, 1.165) is 43.9 Å². The lowest BCUT2D eigenvalue weighted by Crippen LogP contribution is -2.56. The van der Waals surface area contributed by atoms with Gasteiger partial charge in [-0.2, -0.15) is 0 Å². The minimum Gasteiger partial charge on any atom is -0.394 e. The van der Waals surface area contributed by atoms with E-state index in [4.69, 9.17) is 18.9 Å². The third-order valence-electron chi connectivity index (χ3n) is 14.7. The molecule has 6 rings (SSSR count). The second-order valence-corrected chi connectivity index (χ2v) is 18.4. The molecule has 15 atom stereocenters. The summed E-state index contributed by atoms with van der Waals surface area (Å²) in [5, 5.41) is 50.9. The van der Waals surface area contributed by atoms with E-state index in [-0.39, 0.29) is 36.6 Å². The highest BCUT2D eigenvalue weighted by Crippen LogP contribution is 2.69. The number of hydrogen-bond donors (Lipinski definition) is 5. The Hall–Kier alpha value is -0.880. The third-order valence-corrected chi connectivity index (χ3v) is 14.7. The van der Waals surface area contributed by atoms with Gasteiger partial charge < -0.3 is 44.5 Å². The van der Waals surface area contributed by atoms with Crippen LogP contribution in [0.25, 0.3) is 0 Å². The molecule has 2 saturated heterocycles. The van der Waals surface area contributed by atoms with Gasteiger partial charge in [-0.3, -0.25) is 0 Å². The van der Waals surface area contributed by atoms with E-state index in [0.29, 0.717) is 30.1 Å². The summed E-state index contributed by atoms with van der Waals surface area (Å²) < 4.78 is 24.6. The van der Waals surface area contributed by atoms with Gasteiger partial charge in [0.05, 0.1) is 43.2 Å². The zero-order valence-corrected chi connectivity index (χ0v) is 31.5. The largest absolute Gasteiger partial charge is 0.394 e. The zero-order valence-electron chi connectivity index (χ0n) is 31.5. The van der Waals surface area contributed by atoms with Gasteiger partial charge in [0, 0.05) is 24.7 Å². The van der Waals surface area contributed by atoms with E-state index in [1.54, 1.807) is 0 Å². The van der Waals surface area contributed by atoms with Crippen molar-refractivity contribution in [3.63, 3.8) is 0 Å². The minimum absolute atomic E-state index is 0.0551. The fourth-order valence-electron chi connectivity index (χ4n) is 11.7. The van der Waals surface area contributed by atoms with E-state index in [1.165, 1.54) is 44.1 Å². The van der Waals surface area contributed by atoms with E-state index >= 15 is 0 Å². The van der Waals surface area contributed by atoms with Crippen LogP contribution in [0.2, 0.25) is 0 Å². The van der Waals surface area contributed by atoms with E-state index < -0.39 is 48.7 Å². The van der Waals surface area contributed by atoms with Crippen LogP contribution >= 0.6 is 0 Å². The van der Waals surface area contributed by atoms with Crippen molar-refractivity contribution in [1.29, 1.82) is 0 Å². The number of rotatable bonds is 12. The fourth-order valence-corrected chi connectivity index (χ4v) is 11.7. The highest BCUT2D eigenvalue weighted by molar-refractivity contribution is 5.33. The molecular weight excluding hydrogens is 636 g/mol. The monoisotopic (exact) mass is 704 g/mol. The maximum atomic E-state index is 10.8. The number of unbranched alkanes of at least 4 members (excludes halogenated alkanes) is 1. The molecule has 2 heterocycles.